The van der Waals surface area contributed by atoms with E-state index in [2.05, 4.69) is 30.1 Å². The van der Waals surface area contributed by atoms with Gasteiger partial charge in [-0.05, 0) is 93.3 Å². The van der Waals surface area contributed by atoms with E-state index in [1.54, 1.807) is 30.1 Å². The van der Waals surface area contributed by atoms with Gasteiger partial charge in [-0.15, -0.1) is 0 Å². The quantitative estimate of drug-likeness (QED) is 0.226. The SMILES string of the molecule is COc1ccc(N2C(=O)N(c3c(C)cccc3Cl)Cc3cnc(Cc4ccc(C5CCN(C)CC5)cc4OC)nc32)cc1. The zero-order valence-corrected chi connectivity index (χ0v) is 25.8. The monoisotopic (exact) mass is 597 g/mol. The molecule has 0 radical (unpaired) electrons. The molecule has 0 saturated carbocycles. The third-order valence-corrected chi connectivity index (χ3v) is 8.80. The number of carbonyl (C=O) groups excluding carboxylic acids is 1. The Morgan fingerprint density at radius 1 is 1.00 bits per heavy atom. The van der Waals surface area contributed by atoms with E-state index in [-0.39, 0.29) is 6.03 Å². The molecule has 2 amide bonds. The summed E-state index contributed by atoms with van der Waals surface area (Å²) in [7, 11) is 5.50. The van der Waals surface area contributed by atoms with Crippen molar-refractivity contribution in [2.75, 3.05) is 44.2 Å². The number of halogens is 1. The van der Waals surface area contributed by atoms with Crippen molar-refractivity contribution >= 4 is 34.8 Å². The van der Waals surface area contributed by atoms with Crippen molar-refractivity contribution in [2.24, 2.45) is 0 Å². The van der Waals surface area contributed by atoms with Gasteiger partial charge in [0.1, 0.15) is 23.1 Å². The molecule has 6 rings (SSSR count). The van der Waals surface area contributed by atoms with Crippen molar-refractivity contribution in [2.45, 2.75) is 38.6 Å². The molecule has 8 nitrogen and oxygen atoms in total. The van der Waals surface area contributed by atoms with Crippen molar-refractivity contribution in [3.8, 4) is 11.5 Å². The molecule has 4 aromatic rings. The minimum absolute atomic E-state index is 0.237. The van der Waals surface area contributed by atoms with Crippen LogP contribution in [-0.4, -0.2) is 55.3 Å². The van der Waals surface area contributed by atoms with E-state index in [9.17, 15) is 4.79 Å². The van der Waals surface area contributed by atoms with Crippen molar-refractivity contribution in [3.05, 3.63) is 100.0 Å². The third kappa shape index (κ3) is 5.77. The second-order valence-corrected chi connectivity index (χ2v) is 11.7. The van der Waals surface area contributed by atoms with Crippen LogP contribution in [0.2, 0.25) is 5.02 Å². The summed E-state index contributed by atoms with van der Waals surface area (Å²) in [5, 5.41) is 0.514. The maximum absolute atomic E-state index is 14.2. The summed E-state index contributed by atoms with van der Waals surface area (Å²) < 4.78 is 11.2. The molecule has 3 heterocycles. The highest BCUT2D eigenvalue weighted by molar-refractivity contribution is 6.34. The van der Waals surface area contributed by atoms with Crippen LogP contribution in [0.4, 0.5) is 22.0 Å². The Kier molecular flexibility index (Phi) is 8.23. The first-order valence-corrected chi connectivity index (χ1v) is 14.9. The second kappa shape index (κ2) is 12.2. The summed E-state index contributed by atoms with van der Waals surface area (Å²) in [5.74, 6) is 3.24. The Morgan fingerprint density at radius 3 is 2.47 bits per heavy atom. The van der Waals surface area contributed by atoms with Gasteiger partial charge in [-0.25, -0.2) is 19.7 Å². The summed E-state index contributed by atoms with van der Waals surface area (Å²) >= 11 is 6.63. The third-order valence-electron chi connectivity index (χ3n) is 8.49. The van der Waals surface area contributed by atoms with Gasteiger partial charge in [0.05, 0.1) is 37.2 Å². The minimum atomic E-state index is -0.237. The van der Waals surface area contributed by atoms with E-state index in [1.807, 2.05) is 49.5 Å². The van der Waals surface area contributed by atoms with Crippen LogP contribution in [0.3, 0.4) is 0 Å². The first-order valence-electron chi connectivity index (χ1n) is 14.6. The largest absolute Gasteiger partial charge is 0.497 e. The predicted octanol–water partition coefficient (Wildman–Crippen LogP) is 7.13. The smallest absolute Gasteiger partial charge is 0.335 e. The average molecular weight is 598 g/mol. The summed E-state index contributed by atoms with van der Waals surface area (Å²) in [4.78, 5) is 29.6. The molecular weight excluding hydrogens is 562 g/mol. The van der Waals surface area contributed by atoms with Crippen LogP contribution < -0.4 is 19.3 Å². The molecule has 0 aliphatic carbocycles. The fourth-order valence-corrected chi connectivity index (χ4v) is 6.37. The molecule has 0 atom stereocenters. The van der Waals surface area contributed by atoms with E-state index in [0.29, 0.717) is 52.7 Å². The molecule has 2 aliphatic heterocycles. The van der Waals surface area contributed by atoms with Gasteiger partial charge in [-0.2, -0.15) is 0 Å². The molecule has 2 aliphatic rings. The lowest BCUT2D eigenvalue weighted by atomic mass is 9.88. The maximum Gasteiger partial charge on any atom is 0.335 e. The van der Waals surface area contributed by atoms with Crippen molar-refractivity contribution < 1.29 is 14.3 Å². The zero-order valence-electron chi connectivity index (χ0n) is 25.0. The Morgan fingerprint density at radius 2 is 1.77 bits per heavy atom. The summed E-state index contributed by atoms with van der Waals surface area (Å²) in [6.07, 6.45) is 4.58. The number of ether oxygens (including phenoxy) is 2. The molecule has 9 heteroatoms. The summed E-state index contributed by atoms with van der Waals surface area (Å²) in [5.41, 5.74) is 5.40. The molecule has 1 aromatic heterocycles. The number of methoxy groups -OCH3 is 2. The minimum Gasteiger partial charge on any atom is -0.497 e. The molecule has 0 spiro atoms. The number of rotatable bonds is 7. The molecule has 0 unspecified atom stereocenters. The van der Waals surface area contributed by atoms with Gasteiger partial charge >= 0.3 is 6.03 Å². The van der Waals surface area contributed by atoms with Crippen molar-refractivity contribution in [1.82, 2.24) is 14.9 Å². The van der Waals surface area contributed by atoms with Gasteiger partial charge in [-0.1, -0.05) is 35.9 Å². The highest BCUT2D eigenvalue weighted by Crippen LogP contribution is 2.40. The molecule has 1 fully saturated rings. The number of aromatic nitrogens is 2. The fourth-order valence-electron chi connectivity index (χ4n) is 6.05. The van der Waals surface area contributed by atoms with E-state index in [4.69, 9.17) is 31.0 Å². The molecule has 222 valence electrons. The lowest BCUT2D eigenvalue weighted by Crippen LogP contribution is -2.46. The number of carbonyl (C=O) groups is 1. The number of aryl methyl sites for hydroxylation is 1. The Hall–Kier alpha value is -4.14. The summed E-state index contributed by atoms with van der Waals surface area (Å²) in [6, 6.07) is 19.3. The van der Waals surface area contributed by atoms with Gasteiger partial charge in [0.15, 0.2) is 0 Å². The highest BCUT2D eigenvalue weighted by atomic mass is 35.5. The molecule has 0 bridgehead atoms. The van der Waals surface area contributed by atoms with E-state index in [0.717, 1.165) is 48.4 Å². The number of amides is 2. The number of hydrogen-bond acceptors (Lipinski definition) is 6. The van der Waals surface area contributed by atoms with Gasteiger partial charge in [-0.3, -0.25) is 4.90 Å². The first-order chi connectivity index (χ1) is 20.9. The summed E-state index contributed by atoms with van der Waals surface area (Å²) in [6.45, 7) is 4.47. The molecule has 43 heavy (non-hydrogen) atoms. The van der Waals surface area contributed by atoms with E-state index < -0.39 is 0 Å². The number of urea groups is 1. The highest BCUT2D eigenvalue weighted by Gasteiger charge is 2.36. The van der Waals surface area contributed by atoms with Gasteiger partial charge in [0.25, 0.3) is 0 Å². The van der Waals surface area contributed by atoms with Crippen LogP contribution in [0.15, 0.2) is 66.9 Å². The number of piperidine rings is 1. The Bertz CT molecular complexity index is 1620. The number of anilines is 3. The topological polar surface area (TPSA) is 71.0 Å². The first kappa shape index (κ1) is 29.0. The fraction of sp³-hybridized carbons (Fsp3) is 0.324. The number of para-hydroxylation sites is 1. The number of nitrogens with zero attached hydrogens (tertiary/aromatic N) is 5. The van der Waals surface area contributed by atoms with Gasteiger partial charge < -0.3 is 14.4 Å². The lowest BCUT2D eigenvalue weighted by molar-refractivity contribution is 0.252. The number of likely N-dealkylation sites (tertiary alicyclic amines) is 1. The predicted molar refractivity (Wildman–Crippen MR) is 170 cm³/mol. The number of hydrogen-bond donors (Lipinski definition) is 0. The molecular formula is C34H36ClN5O3. The zero-order chi connectivity index (χ0) is 30.1. The van der Waals surface area contributed by atoms with Gasteiger partial charge in [0.2, 0.25) is 0 Å². The van der Waals surface area contributed by atoms with Crippen LogP contribution in [-0.2, 0) is 13.0 Å². The van der Waals surface area contributed by atoms with Crippen LogP contribution in [0.25, 0.3) is 0 Å². The van der Waals surface area contributed by atoms with Crippen molar-refractivity contribution in [3.63, 3.8) is 0 Å². The second-order valence-electron chi connectivity index (χ2n) is 11.3. The normalized spacial score (nSPS) is 15.9. The van der Waals surface area contributed by atoms with Crippen molar-refractivity contribution in [1.29, 1.82) is 0 Å². The van der Waals surface area contributed by atoms with E-state index in [1.165, 1.54) is 5.56 Å². The Balaban J connectivity index is 1.36. The van der Waals surface area contributed by atoms with Crippen LogP contribution in [0.1, 0.15) is 46.8 Å². The Labute approximate surface area is 257 Å². The molecule has 3 aromatic carbocycles. The van der Waals surface area contributed by atoms with Crippen LogP contribution in [0, 0.1) is 6.92 Å². The molecule has 1 saturated heterocycles. The maximum atomic E-state index is 14.2. The van der Waals surface area contributed by atoms with Gasteiger partial charge in [0, 0.05) is 23.7 Å². The molecule has 0 N–H and O–H groups in total. The lowest BCUT2D eigenvalue weighted by Gasteiger charge is -2.37. The number of fused-ring (bicyclic) bond motifs is 1. The standard InChI is InChI=1S/C34H36ClN5O3/c1-22-6-5-7-29(35)32(22)39-21-26-20-36-31(37-33(26)40(34(39)41)27-10-12-28(42-3)13-11-27)19-25-9-8-24(18-30(25)43-4)23-14-16-38(2)17-15-23/h5-13,18,20,23H,14-17,19,21H2,1-4H3. The number of benzene rings is 3. The van der Waals surface area contributed by atoms with E-state index >= 15 is 0 Å². The van der Waals surface area contributed by atoms with Crippen LogP contribution in [0.5, 0.6) is 11.5 Å². The van der Waals surface area contributed by atoms with Crippen LogP contribution >= 0.6 is 11.6 Å². The average Bonchev–Trinajstić information content (AvgIpc) is 3.02.